The lowest BCUT2D eigenvalue weighted by Gasteiger charge is -2.34. The number of imidazole rings is 1. The molecular weight excluding hydrogens is 342 g/mol. The number of H-pyrrole nitrogens is 1. The predicted molar refractivity (Wildman–Crippen MR) is 99.6 cm³/mol. The largest absolute Gasteiger partial charge is 0.344 e. The van der Waals surface area contributed by atoms with Gasteiger partial charge in [-0.15, -0.1) is 11.3 Å². The number of aromatic amines is 1. The Balaban J connectivity index is 1.47. The second-order valence-electron chi connectivity index (χ2n) is 6.47. The van der Waals surface area contributed by atoms with Crippen molar-refractivity contribution in [2.24, 2.45) is 0 Å². The second-order valence-corrected chi connectivity index (χ2v) is 7.89. The van der Waals surface area contributed by atoms with Crippen molar-refractivity contribution in [3.8, 4) is 0 Å². The second kappa shape index (κ2) is 8.43. The SMILES string of the molecule is CCCCc1nc(Cl)c(CN2CCN(Cc3csc(C)n3)CC2)[nH]1. The smallest absolute Gasteiger partial charge is 0.151 e. The summed E-state index contributed by atoms with van der Waals surface area (Å²) in [6.45, 7) is 10.3. The Morgan fingerprint density at radius 3 is 2.50 bits per heavy atom. The molecule has 2 aromatic rings. The number of halogens is 1. The molecule has 7 heteroatoms. The predicted octanol–water partition coefficient (Wildman–Crippen LogP) is 3.49. The molecule has 0 radical (unpaired) electrons. The summed E-state index contributed by atoms with van der Waals surface area (Å²) in [6, 6.07) is 0. The summed E-state index contributed by atoms with van der Waals surface area (Å²) in [6.07, 6.45) is 3.31. The van der Waals surface area contributed by atoms with Gasteiger partial charge >= 0.3 is 0 Å². The number of hydrogen-bond donors (Lipinski definition) is 1. The fraction of sp³-hybridized carbons (Fsp3) is 0.647. The monoisotopic (exact) mass is 367 g/mol. The van der Waals surface area contributed by atoms with Crippen molar-refractivity contribution in [1.82, 2.24) is 24.8 Å². The number of rotatable bonds is 7. The van der Waals surface area contributed by atoms with Crippen molar-refractivity contribution in [1.29, 1.82) is 0 Å². The highest BCUT2D eigenvalue weighted by Crippen LogP contribution is 2.18. The summed E-state index contributed by atoms with van der Waals surface area (Å²) in [5, 5.41) is 3.96. The maximum Gasteiger partial charge on any atom is 0.151 e. The summed E-state index contributed by atoms with van der Waals surface area (Å²) in [5.41, 5.74) is 2.26. The molecule has 0 amide bonds. The van der Waals surface area contributed by atoms with Crippen LogP contribution in [0.3, 0.4) is 0 Å². The molecule has 1 N–H and O–H groups in total. The number of aromatic nitrogens is 3. The van der Waals surface area contributed by atoms with Gasteiger partial charge in [0, 0.05) is 51.1 Å². The molecule has 1 aliphatic heterocycles. The molecule has 0 unspecified atom stereocenters. The van der Waals surface area contributed by atoms with Crippen LogP contribution in [0.5, 0.6) is 0 Å². The minimum atomic E-state index is 0.640. The van der Waals surface area contributed by atoms with Crippen molar-refractivity contribution in [3.05, 3.63) is 32.8 Å². The molecule has 1 aliphatic rings. The molecule has 0 aliphatic carbocycles. The van der Waals surface area contributed by atoms with Crippen LogP contribution >= 0.6 is 22.9 Å². The van der Waals surface area contributed by atoms with Crippen LogP contribution in [0.4, 0.5) is 0 Å². The van der Waals surface area contributed by atoms with E-state index >= 15 is 0 Å². The molecular formula is C17H26ClN5S. The van der Waals surface area contributed by atoms with Gasteiger partial charge in [0.1, 0.15) is 5.82 Å². The third kappa shape index (κ3) is 4.79. The van der Waals surface area contributed by atoms with Gasteiger partial charge in [0.05, 0.1) is 16.4 Å². The van der Waals surface area contributed by atoms with Gasteiger partial charge in [-0.25, -0.2) is 9.97 Å². The maximum atomic E-state index is 6.29. The first kappa shape index (κ1) is 17.9. The van der Waals surface area contributed by atoms with Crippen molar-refractivity contribution < 1.29 is 0 Å². The molecule has 5 nitrogen and oxygen atoms in total. The topological polar surface area (TPSA) is 48.1 Å². The lowest BCUT2D eigenvalue weighted by molar-refractivity contribution is 0.120. The lowest BCUT2D eigenvalue weighted by atomic mass is 10.2. The summed E-state index contributed by atoms with van der Waals surface area (Å²) in [7, 11) is 0. The van der Waals surface area contributed by atoms with Crippen LogP contribution in [0.15, 0.2) is 5.38 Å². The zero-order valence-corrected chi connectivity index (χ0v) is 16.1. The van der Waals surface area contributed by atoms with Gasteiger partial charge < -0.3 is 4.98 Å². The Hall–Kier alpha value is -0.950. The summed E-state index contributed by atoms with van der Waals surface area (Å²) >= 11 is 8.03. The Morgan fingerprint density at radius 2 is 1.88 bits per heavy atom. The van der Waals surface area contributed by atoms with Crippen LogP contribution in [0.25, 0.3) is 0 Å². The molecule has 132 valence electrons. The number of unbranched alkanes of at least 4 members (excludes halogenated alkanes) is 1. The highest BCUT2D eigenvalue weighted by molar-refractivity contribution is 7.09. The van der Waals surface area contributed by atoms with E-state index in [-0.39, 0.29) is 0 Å². The fourth-order valence-electron chi connectivity index (χ4n) is 3.05. The Bertz CT molecular complexity index is 645. The van der Waals surface area contributed by atoms with Gasteiger partial charge in [-0.1, -0.05) is 24.9 Å². The fourth-order valence-corrected chi connectivity index (χ4v) is 3.86. The van der Waals surface area contributed by atoms with Crippen LogP contribution in [0.1, 0.15) is 42.0 Å². The first-order valence-electron chi connectivity index (χ1n) is 8.73. The van der Waals surface area contributed by atoms with Gasteiger partial charge in [-0.2, -0.15) is 0 Å². The molecule has 1 saturated heterocycles. The Kier molecular flexibility index (Phi) is 6.27. The standard InChI is InChI=1S/C17H26ClN5S/c1-3-4-5-16-20-15(17(18)21-16)11-23-8-6-22(7-9-23)10-14-12-24-13(2)19-14/h12H,3-11H2,1-2H3,(H,20,21). The first-order valence-corrected chi connectivity index (χ1v) is 9.98. The van der Waals surface area contributed by atoms with E-state index in [9.17, 15) is 0 Å². The number of hydrogen-bond acceptors (Lipinski definition) is 5. The maximum absolute atomic E-state index is 6.29. The van der Waals surface area contributed by atoms with Crippen LogP contribution in [0, 0.1) is 6.92 Å². The average molecular weight is 368 g/mol. The molecule has 0 bridgehead atoms. The average Bonchev–Trinajstić information content (AvgIpc) is 3.13. The van der Waals surface area contributed by atoms with Crippen LogP contribution in [-0.2, 0) is 19.5 Å². The zero-order valence-electron chi connectivity index (χ0n) is 14.5. The number of nitrogens with zero attached hydrogens (tertiary/aromatic N) is 4. The zero-order chi connectivity index (χ0) is 16.9. The molecule has 0 aromatic carbocycles. The number of thiazole rings is 1. The van der Waals surface area contributed by atoms with Crippen LogP contribution in [0.2, 0.25) is 5.15 Å². The van der Waals surface area contributed by atoms with E-state index in [2.05, 4.69) is 44.0 Å². The van der Waals surface area contributed by atoms with Gasteiger partial charge in [0.15, 0.2) is 5.15 Å². The van der Waals surface area contributed by atoms with E-state index in [4.69, 9.17) is 11.6 Å². The summed E-state index contributed by atoms with van der Waals surface area (Å²) in [4.78, 5) is 17.4. The molecule has 24 heavy (non-hydrogen) atoms. The van der Waals surface area contributed by atoms with E-state index in [0.29, 0.717) is 5.15 Å². The van der Waals surface area contributed by atoms with Crippen molar-refractivity contribution >= 4 is 22.9 Å². The Labute approximate surface area is 153 Å². The third-order valence-corrected chi connectivity index (χ3v) is 5.58. The third-order valence-electron chi connectivity index (χ3n) is 4.44. The molecule has 0 spiro atoms. The number of aryl methyl sites for hydroxylation is 2. The summed E-state index contributed by atoms with van der Waals surface area (Å²) in [5.74, 6) is 1.02. The molecule has 1 fully saturated rings. The Morgan fingerprint density at radius 1 is 1.17 bits per heavy atom. The van der Waals surface area contributed by atoms with Crippen molar-refractivity contribution in [2.45, 2.75) is 46.2 Å². The first-order chi connectivity index (χ1) is 11.6. The van der Waals surface area contributed by atoms with Crippen LogP contribution < -0.4 is 0 Å². The van der Waals surface area contributed by atoms with Gasteiger partial charge in [-0.3, -0.25) is 9.80 Å². The summed E-state index contributed by atoms with van der Waals surface area (Å²) < 4.78 is 0. The van der Waals surface area contributed by atoms with E-state index in [1.165, 1.54) is 12.1 Å². The molecule has 0 atom stereocenters. The normalized spacial score (nSPS) is 16.8. The van der Waals surface area contributed by atoms with Gasteiger partial charge in [0.25, 0.3) is 0 Å². The quantitative estimate of drug-likeness (QED) is 0.813. The van der Waals surface area contributed by atoms with E-state index in [1.54, 1.807) is 11.3 Å². The highest BCUT2D eigenvalue weighted by Gasteiger charge is 2.19. The minimum absolute atomic E-state index is 0.640. The van der Waals surface area contributed by atoms with E-state index in [0.717, 1.165) is 68.6 Å². The van der Waals surface area contributed by atoms with Crippen LogP contribution in [-0.4, -0.2) is 50.9 Å². The molecule has 3 heterocycles. The molecule has 0 saturated carbocycles. The van der Waals surface area contributed by atoms with Crippen molar-refractivity contribution in [2.75, 3.05) is 26.2 Å². The highest BCUT2D eigenvalue weighted by atomic mass is 35.5. The van der Waals surface area contributed by atoms with E-state index < -0.39 is 0 Å². The van der Waals surface area contributed by atoms with Crippen molar-refractivity contribution in [3.63, 3.8) is 0 Å². The number of piperazine rings is 1. The molecule has 2 aromatic heterocycles. The lowest BCUT2D eigenvalue weighted by Crippen LogP contribution is -2.45. The molecule has 3 rings (SSSR count). The van der Waals surface area contributed by atoms with E-state index in [1.807, 2.05) is 0 Å². The minimum Gasteiger partial charge on any atom is -0.344 e. The van der Waals surface area contributed by atoms with Gasteiger partial charge in [0.2, 0.25) is 0 Å². The number of nitrogens with one attached hydrogen (secondary N) is 1. The van der Waals surface area contributed by atoms with Gasteiger partial charge in [-0.05, 0) is 13.3 Å².